The van der Waals surface area contributed by atoms with Crippen molar-refractivity contribution in [1.82, 2.24) is 10.2 Å². The molecule has 0 aliphatic rings. The van der Waals surface area contributed by atoms with E-state index >= 15 is 0 Å². The van der Waals surface area contributed by atoms with Gasteiger partial charge in [0.15, 0.2) is 0 Å². The molecule has 1 N–H and O–H groups in total. The third kappa shape index (κ3) is 4.64. The average molecular weight is 285 g/mol. The Morgan fingerprint density at radius 2 is 2.14 bits per heavy atom. The lowest BCUT2D eigenvalue weighted by molar-refractivity contribution is 0.198. The summed E-state index contributed by atoms with van der Waals surface area (Å²) in [5.41, 5.74) is 2.58. The van der Waals surface area contributed by atoms with Crippen molar-refractivity contribution in [2.24, 2.45) is 0 Å². The zero-order valence-corrected chi connectivity index (χ0v) is 13.2. The summed E-state index contributed by atoms with van der Waals surface area (Å²) in [6, 6.07) is 9.85. The van der Waals surface area contributed by atoms with E-state index in [1.165, 1.54) is 4.90 Å². The zero-order valence-electron chi connectivity index (χ0n) is 13.2. The molecule has 1 rings (SSSR count). The SMILES string of the molecule is C=C(C)c1cccc(C(C)(C)NC(=O)N(C)CCC#N)c1. The number of nitrogens with zero attached hydrogens (tertiary/aromatic N) is 2. The first-order chi connectivity index (χ1) is 9.77. The van der Waals surface area contributed by atoms with Gasteiger partial charge in [-0.3, -0.25) is 0 Å². The van der Waals surface area contributed by atoms with Gasteiger partial charge in [-0.05, 0) is 38.0 Å². The van der Waals surface area contributed by atoms with Crippen LogP contribution in [0.25, 0.3) is 5.57 Å². The quantitative estimate of drug-likeness (QED) is 0.900. The summed E-state index contributed by atoms with van der Waals surface area (Å²) in [4.78, 5) is 13.7. The Morgan fingerprint density at radius 3 is 2.71 bits per heavy atom. The summed E-state index contributed by atoms with van der Waals surface area (Å²) in [7, 11) is 1.69. The van der Waals surface area contributed by atoms with Crippen LogP contribution in [0.15, 0.2) is 30.8 Å². The molecule has 0 radical (unpaired) electrons. The topological polar surface area (TPSA) is 56.1 Å². The van der Waals surface area contributed by atoms with E-state index in [0.717, 1.165) is 16.7 Å². The highest BCUT2D eigenvalue weighted by Crippen LogP contribution is 2.23. The van der Waals surface area contributed by atoms with Crippen LogP contribution in [0.1, 0.15) is 38.3 Å². The number of rotatable bonds is 5. The number of hydrogen-bond donors (Lipinski definition) is 1. The summed E-state index contributed by atoms with van der Waals surface area (Å²) in [6.07, 6.45) is 0.329. The first kappa shape index (κ1) is 16.8. The van der Waals surface area contributed by atoms with Crippen molar-refractivity contribution in [2.45, 2.75) is 32.7 Å². The van der Waals surface area contributed by atoms with Crippen LogP contribution in [0, 0.1) is 11.3 Å². The fraction of sp³-hybridized carbons (Fsp3) is 0.412. The molecule has 0 aliphatic heterocycles. The van der Waals surface area contributed by atoms with E-state index in [0.29, 0.717) is 13.0 Å². The molecule has 1 aromatic carbocycles. The van der Waals surface area contributed by atoms with Crippen LogP contribution in [-0.4, -0.2) is 24.5 Å². The minimum Gasteiger partial charge on any atom is -0.329 e. The number of benzene rings is 1. The van der Waals surface area contributed by atoms with Crippen LogP contribution in [0.2, 0.25) is 0 Å². The van der Waals surface area contributed by atoms with Crippen molar-refractivity contribution in [2.75, 3.05) is 13.6 Å². The molecule has 0 spiro atoms. The van der Waals surface area contributed by atoms with Crippen LogP contribution in [0.3, 0.4) is 0 Å². The molecular formula is C17H23N3O. The Labute approximate surface area is 127 Å². The van der Waals surface area contributed by atoms with Gasteiger partial charge in [0.2, 0.25) is 0 Å². The fourth-order valence-electron chi connectivity index (χ4n) is 1.93. The van der Waals surface area contributed by atoms with E-state index in [9.17, 15) is 4.79 Å². The third-order valence-electron chi connectivity index (χ3n) is 3.40. The second-order valence-electron chi connectivity index (χ2n) is 5.75. The van der Waals surface area contributed by atoms with Gasteiger partial charge in [-0.25, -0.2) is 4.79 Å². The highest BCUT2D eigenvalue weighted by atomic mass is 16.2. The zero-order chi connectivity index (χ0) is 16.0. The van der Waals surface area contributed by atoms with Gasteiger partial charge in [0.05, 0.1) is 18.0 Å². The Balaban J connectivity index is 2.86. The molecule has 112 valence electrons. The summed E-state index contributed by atoms with van der Waals surface area (Å²) >= 11 is 0. The first-order valence-electron chi connectivity index (χ1n) is 6.94. The molecule has 4 nitrogen and oxygen atoms in total. The van der Waals surface area contributed by atoms with Crippen LogP contribution in [-0.2, 0) is 5.54 Å². The smallest absolute Gasteiger partial charge is 0.317 e. The largest absolute Gasteiger partial charge is 0.329 e. The molecular weight excluding hydrogens is 262 g/mol. The standard InChI is InChI=1S/C17H23N3O/c1-13(2)14-8-6-9-15(12-14)17(3,4)19-16(21)20(5)11-7-10-18/h6,8-9,12H,1,7,11H2,2-5H3,(H,19,21). The highest BCUT2D eigenvalue weighted by molar-refractivity contribution is 5.75. The van der Waals surface area contributed by atoms with Crippen LogP contribution >= 0.6 is 0 Å². The summed E-state index contributed by atoms with van der Waals surface area (Å²) in [5, 5.41) is 11.6. The Hall–Kier alpha value is -2.28. The second-order valence-corrected chi connectivity index (χ2v) is 5.75. The first-order valence-corrected chi connectivity index (χ1v) is 6.94. The lowest BCUT2D eigenvalue weighted by Crippen LogP contribution is -2.47. The van der Waals surface area contributed by atoms with Crippen LogP contribution in [0.4, 0.5) is 4.79 Å². The monoisotopic (exact) mass is 285 g/mol. The van der Waals surface area contributed by atoms with Crippen molar-refractivity contribution in [3.05, 3.63) is 42.0 Å². The molecule has 2 amide bonds. The van der Waals surface area contributed by atoms with E-state index in [4.69, 9.17) is 5.26 Å². The fourth-order valence-corrected chi connectivity index (χ4v) is 1.93. The highest BCUT2D eigenvalue weighted by Gasteiger charge is 2.24. The van der Waals surface area contributed by atoms with Gasteiger partial charge in [0.25, 0.3) is 0 Å². The summed E-state index contributed by atoms with van der Waals surface area (Å²) < 4.78 is 0. The normalized spacial score (nSPS) is 10.6. The van der Waals surface area contributed by atoms with E-state index in [-0.39, 0.29) is 6.03 Å². The molecule has 0 saturated carbocycles. The van der Waals surface area contributed by atoms with Gasteiger partial charge >= 0.3 is 6.03 Å². The molecule has 0 aromatic heterocycles. The number of amides is 2. The molecule has 0 fully saturated rings. The predicted octanol–water partition coefficient (Wildman–Crippen LogP) is 3.51. The lowest BCUT2D eigenvalue weighted by atomic mass is 9.92. The van der Waals surface area contributed by atoms with Crippen LogP contribution < -0.4 is 5.32 Å². The molecule has 0 saturated heterocycles. The van der Waals surface area contributed by atoms with Crippen molar-refractivity contribution < 1.29 is 4.79 Å². The number of nitriles is 1. The summed E-state index contributed by atoms with van der Waals surface area (Å²) in [5.74, 6) is 0. The predicted molar refractivity (Wildman–Crippen MR) is 85.6 cm³/mol. The Bertz CT molecular complexity index is 570. The summed E-state index contributed by atoms with van der Waals surface area (Å²) in [6.45, 7) is 10.2. The van der Waals surface area contributed by atoms with Gasteiger partial charge in [0, 0.05) is 13.6 Å². The number of carbonyl (C=O) groups excluding carboxylic acids is 1. The number of nitrogens with one attached hydrogen (secondary N) is 1. The minimum atomic E-state index is -0.497. The molecule has 4 heteroatoms. The lowest BCUT2D eigenvalue weighted by Gasteiger charge is -2.30. The molecule has 0 heterocycles. The molecule has 0 bridgehead atoms. The van der Waals surface area contributed by atoms with Gasteiger partial charge in [-0.2, -0.15) is 5.26 Å². The maximum atomic E-state index is 12.1. The van der Waals surface area contributed by atoms with Crippen LogP contribution in [0.5, 0.6) is 0 Å². The number of urea groups is 1. The van der Waals surface area contributed by atoms with E-state index in [1.54, 1.807) is 7.05 Å². The number of carbonyl (C=O) groups is 1. The second kappa shape index (κ2) is 6.94. The molecule has 0 unspecified atom stereocenters. The minimum absolute atomic E-state index is 0.184. The van der Waals surface area contributed by atoms with E-state index < -0.39 is 5.54 Å². The van der Waals surface area contributed by atoms with E-state index in [1.807, 2.05) is 51.1 Å². The Morgan fingerprint density at radius 1 is 1.48 bits per heavy atom. The maximum Gasteiger partial charge on any atom is 0.317 e. The van der Waals surface area contributed by atoms with Crippen molar-refractivity contribution >= 4 is 11.6 Å². The number of allylic oxidation sites excluding steroid dienone is 1. The van der Waals surface area contributed by atoms with Gasteiger partial charge in [-0.15, -0.1) is 0 Å². The van der Waals surface area contributed by atoms with Crippen molar-refractivity contribution in [1.29, 1.82) is 5.26 Å². The maximum absolute atomic E-state index is 12.1. The molecule has 0 atom stereocenters. The van der Waals surface area contributed by atoms with Crippen molar-refractivity contribution in [3.63, 3.8) is 0 Å². The van der Waals surface area contributed by atoms with Crippen molar-refractivity contribution in [3.8, 4) is 6.07 Å². The Kier molecular flexibility index (Phi) is 5.54. The molecule has 0 aliphatic carbocycles. The van der Waals surface area contributed by atoms with Gasteiger partial charge < -0.3 is 10.2 Å². The average Bonchev–Trinajstić information content (AvgIpc) is 2.44. The third-order valence-corrected chi connectivity index (χ3v) is 3.40. The molecule has 21 heavy (non-hydrogen) atoms. The van der Waals surface area contributed by atoms with Gasteiger partial charge in [-0.1, -0.05) is 30.4 Å². The molecule has 1 aromatic rings. The van der Waals surface area contributed by atoms with E-state index in [2.05, 4.69) is 11.9 Å². The number of hydrogen-bond acceptors (Lipinski definition) is 2. The van der Waals surface area contributed by atoms with Gasteiger partial charge in [0.1, 0.15) is 0 Å².